The molecule has 0 fully saturated rings. The maximum absolute atomic E-state index is 12.0. The minimum Gasteiger partial charge on any atom is -0.399 e. The predicted molar refractivity (Wildman–Crippen MR) is 98.2 cm³/mol. The molecule has 0 atom stereocenters. The molecule has 1 aromatic heterocycles. The number of para-hydroxylation sites is 1. The number of aryl methyl sites for hydroxylation is 2. The first-order valence-corrected chi connectivity index (χ1v) is 8.46. The zero-order chi connectivity index (χ0) is 15.8. The van der Waals surface area contributed by atoms with Crippen LogP contribution in [0.4, 0.5) is 10.8 Å². The minimum atomic E-state index is -0.0560. The van der Waals surface area contributed by atoms with Crippen molar-refractivity contribution in [2.75, 3.05) is 11.1 Å². The van der Waals surface area contributed by atoms with E-state index in [4.69, 9.17) is 5.73 Å². The molecular formula is C16H23ClN4OS. The first kappa shape index (κ1) is 19.4. The lowest BCUT2D eigenvalue weighted by atomic mass is 10.1. The summed E-state index contributed by atoms with van der Waals surface area (Å²) in [5.74, 6) is -0.0560. The van der Waals surface area contributed by atoms with Gasteiger partial charge in [0.05, 0.1) is 0 Å². The van der Waals surface area contributed by atoms with E-state index < -0.39 is 0 Å². The number of nitrogens with two attached hydrogens (primary N) is 1. The maximum Gasteiger partial charge on any atom is 0.226 e. The summed E-state index contributed by atoms with van der Waals surface area (Å²) in [6, 6.07) is 7.61. The second-order valence-corrected chi connectivity index (χ2v) is 6.27. The van der Waals surface area contributed by atoms with Crippen molar-refractivity contribution in [1.29, 1.82) is 0 Å². The number of benzene rings is 1. The van der Waals surface area contributed by atoms with Crippen molar-refractivity contribution in [1.82, 2.24) is 10.2 Å². The van der Waals surface area contributed by atoms with Crippen LogP contribution < -0.4 is 11.1 Å². The van der Waals surface area contributed by atoms with Gasteiger partial charge in [-0.25, -0.2) is 0 Å². The van der Waals surface area contributed by atoms with Crippen LogP contribution in [0.1, 0.15) is 43.2 Å². The molecule has 1 heterocycles. The Balaban J connectivity index is 0.00000264. The van der Waals surface area contributed by atoms with Gasteiger partial charge in [-0.05, 0) is 24.5 Å². The molecule has 0 saturated carbocycles. The highest BCUT2D eigenvalue weighted by Gasteiger charge is 2.09. The number of hydrogen-bond acceptors (Lipinski definition) is 5. The maximum atomic E-state index is 12.0. The van der Waals surface area contributed by atoms with E-state index in [0.717, 1.165) is 29.1 Å². The van der Waals surface area contributed by atoms with Gasteiger partial charge < -0.3 is 11.1 Å². The lowest BCUT2D eigenvalue weighted by Crippen LogP contribution is -2.12. The van der Waals surface area contributed by atoms with Gasteiger partial charge in [-0.2, -0.15) is 0 Å². The lowest BCUT2D eigenvalue weighted by Gasteiger charge is -2.04. The van der Waals surface area contributed by atoms with E-state index in [9.17, 15) is 4.79 Å². The number of rotatable bonds is 8. The van der Waals surface area contributed by atoms with Crippen LogP contribution in [0.25, 0.3) is 0 Å². The van der Waals surface area contributed by atoms with Crippen molar-refractivity contribution in [2.24, 2.45) is 0 Å². The van der Waals surface area contributed by atoms with E-state index in [1.165, 1.54) is 24.2 Å². The van der Waals surface area contributed by atoms with Crippen molar-refractivity contribution in [3.8, 4) is 0 Å². The molecule has 0 unspecified atom stereocenters. The number of nitrogen functional groups attached to an aromatic ring is 1. The van der Waals surface area contributed by atoms with E-state index in [1.807, 2.05) is 24.3 Å². The molecule has 0 radical (unpaired) electrons. The summed E-state index contributed by atoms with van der Waals surface area (Å²) in [6.45, 7) is 2.17. The van der Waals surface area contributed by atoms with Gasteiger partial charge in [0.1, 0.15) is 5.01 Å². The summed E-state index contributed by atoms with van der Waals surface area (Å²) in [5, 5.41) is 12.5. The molecule has 1 aromatic carbocycles. The third-order valence-corrected chi connectivity index (χ3v) is 4.28. The van der Waals surface area contributed by atoms with Gasteiger partial charge in [-0.15, -0.1) is 22.6 Å². The third kappa shape index (κ3) is 6.54. The normalized spacial score (nSPS) is 10.1. The van der Waals surface area contributed by atoms with Crippen LogP contribution in [0.15, 0.2) is 24.3 Å². The first-order valence-electron chi connectivity index (χ1n) is 7.64. The largest absolute Gasteiger partial charge is 0.399 e. The molecule has 0 spiro atoms. The summed E-state index contributed by atoms with van der Waals surface area (Å²) in [5.41, 5.74) is 7.59. The van der Waals surface area contributed by atoms with E-state index in [2.05, 4.69) is 22.4 Å². The average Bonchev–Trinajstić information content (AvgIpc) is 2.94. The fourth-order valence-electron chi connectivity index (χ4n) is 2.12. The van der Waals surface area contributed by atoms with E-state index >= 15 is 0 Å². The Bertz CT molecular complexity index is 618. The lowest BCUT2D eigenvalue weighted by molar-refractivity contribution is -0.116. The Morgan fingerprint density at radius 3 is 2.74 bits per heavy atom. The zero-order valence-corrected chi connectivity index (χ0v) is 14.9. The highest BCUT2D eigenvalue weighted by molar-refractivity contribution is 7.15. The fourth-order valence-corrected chi connectivity index (χ4v) is 2.92. The third-order valence-electron chi connectivity index (χ3n) is 3.38. The van der Waals surface area contributed by atoms with Crippen LogP contribution in [0, 0.1) is 0 Å². The zero-order valence-electron chi connectivity index (χ0n) is 13.2. The summed E-state index contributed by atoms with van der Waals surface area (Å²) in [6.07, 6.45) is 5.44. The van der Waals surface area contributed by atoms with Crippen molar-refractivity contribution in [3.05, 3.63) is 34.8 Å². The average molecular weight is 355 g/mol. The smallest absolute Gasteiger partial charge is 0.226 e. The van der Waals surface area contributed by atoms with Gasteiger partial charge >= 0.3 is 0 Å². The van der Waals surface area contributed by atoms with E-state index in [0.29, 0.717) is 18.0 Å². The van der Waals surface area contributed by atoms with Gasteiger partial charge in [-0.1, -0.05) is 49.3 Å². The molecule has 0 aliphatic heterocycles. The molecule has 0 aliphatic carbocycles. The number of carbonyl (C=O) groups is 1. The standard InChI is InChI=1S/C16H22N4OS.ClH/c1-2-3-4-9-15-19-20-16(22-15)18-14(21)11-10-12-7-5-6-8-13(12)17;/h5-8H,2-4,9-11,17H2,1H3,(H,18,20,21);1H. The van der Waals surface area contributed by atoms with E-state index in [1.54, 1.807) is 0 Å². The monoisotopic (exact) mass is 354 g/mol. The Kier molecular flexibility index (Phi) is 8.58. The molecule has 2 aromatic rings. The molecule has 1 amide bonds. The number of anilines is 2. The molecule has 0 bridgehead atoms. The van der Waals surface area contributed by atoms with Crippen LogP contribution in [0.3, 0.4) is 0 Å². The van der Waals surface area contributed by atoms with Gasteiger partial charge in [0.2, 0.25) is 11.0 Å². The number of halogens is 1. The van der Waals surface area contributed by atoms with Gasteiger partial charge in [0.25, 0.3) is 0 Å². The van der Waals surface area contributed by atoms with Crippen LogP contribution in [0.2, 0.25) is 0 Å². The Labute approximate surface area is 147 Å². The topological polar surface area (TPSA) is 80.9 Å². The predicted octanol–water partition coefficient (Wildman–Crippen LogP) is 3.85. The molecular weight excluding hydrogens is 332 g/mol. The number of unbranched alkanes of at least 4 members (excludes halogenated alkanes) is 2. The molecule has 2 rings (SSSR count). The highest BCUT2D eigenvalue weighted by Crippen LogP contribution is 2.18. The Morgan fingerprint density at radius 1 is 1.22 bits per heavy atom. The summed E-state index contributed by atoms with van der Waals surface area (Å²) < 4.78 is 0. The second kappa shape index (κ2) is 10.2. The molecule has 23 heavy (non-hydrogen) atoms. The van der Waals surface area contributed by atoms with Crippen LogP contribution >= 0.6 is 23.7 Å². The molecule has 5 nitrogen and oxygen atoms in total. The first-order chi connectivity index (χ1) is 10.7. The second-order valence-electron chi connectivity index (χ2n) is 5.21. The summed E-state index contributed by atoms with van der Waals surface area (Å²) in [4.78, 5) is 12.0. The Hall–Kier alpha value is -1.66. The quantitative estimate of drug-likeness (QED) is 0.557. The summed E-state index contributed by atoms with van der Waals surface area (Å²) in [7, 11) is 0. The highest BCUT2D eigenvalue weighted by atomic mass is 35.5. The molecule has 0 saturated heterocycles. The number of carbonyl (C=O) groups excluding carboxylic acids is 1. The number of nitrogens with zero attached hydrogens (tertiary/aromatic N) is 2. The number of hydrogen-bond donors (Lipinski definition) is 2. The van der Waals surface area contributed by atoms with Crippen molar-refractivity contribution < 1.29 is 4.79 Å². The van der Waals surface area contributed by atoms with Crippen LogP contribution in [0.5, 0.6) is 0 Å². The number of amides is 1. The van der Waals surface area contributed by atoms with Gasteiger partial charge in [0, 0.05) is 18.5 Å². The van der Waals surface area contributed by atoms with Crippen LogP contribution in [-0.4, -0.2) is 16.1 Å². The van der Waals surface area contributed by atoms with Crippen molar-refractivity contribution in [2.45, 2.75) is 45.4 Å². The number of aromatic nitrogens is 2. The molecule has 7 heteroatoms. The Morgan fingerprint density at radius 2 is 2.00 bits per heavy atom. The van der Waals surface area contributed by atoms with Gasteiger partial charge in [-0.3, -0.25) is 4.79 Å². The molecule has 126 valence electrons. The van der Waals surface area contributed by atoms with E-state index in [-0.39, 0.29) is 18.3 Å². The molecule has 3 N–H and O–H groups in total. The fraction of sp³-hybridized carbons (Fsp3) is 0.438. The van der Waals surface area contributed by atoms with Crippen molar-refractivity contribution in [3.63, 3.8) is 0 Å². The SMILES string of the molecule is CCCCCc1nnc(NC(=O)CCc2ccccc2N)s1.Cl. The van der Waals surface area contributed by atoms with Crippen LogP contribution in [-0.2, 0) is 17.6 Å². The minimum absolute atomic E-state index is 0. The molecule has 0 aliphatic rings. The van der Waals surface area contributed by atoms with Crippen molar-refractivity contribution >= 4 is 40.5 Å². The number of nitrogens with one attached hydrogen (secondary N) is 1. The van der Waals surface area contributed by atoms with Gasteiger partial charge in [0.15, 0.2) is 0 Å². The summed E-state index contributed by atoms with van der Waals surface area (Å²) >= 11 is 1.46.